The van der Waals surface area contributed by atoms with Crippen molar-refractivity contribution in [2.24, 2.45) is 5.92 Å². The van der Waals surface area contributed by atoms with Crippen molar-refractivity contribution in [3.63, 3.8) is 0 Å². The molecule has 2 aliphatic carbocycles. The third-order valence-corrected chi connectivity index (χ3v) is 28.0. The monoisotopic (exact) mass is 622 g/mol. The van der Waals surface area contributed by atoms with Crippen LogP contribution in [0.2, 0.25) is 13.1 Å². The summed E-state index contributed by atoms with van der Waals surface area (Å²) in [5.41, 5.74) is 14.5. The minimum atomic E-state index is -2.12. The van der Waals surface area contributed by atoms with Gasteiger partial charge < -0.3 is 0 Å². The van der Waals surface area contributed by atoms with Gasteiger partial charge in [0.1, 0.15) is 0 Å². The van der Waals surface area contributed by atoms with E-state index in [9.17, 15) is 0 Å². The van der Waals surface area contributed by atoms with Crippen LogP contribution in [0.4, 0.5) is 0 Å². The molecule has 2 unspecified atom stereocenters. The topological polar surface area (TPSA) is 0 Å². The van der Waals surface area contributed by atoms with Crippen molar-refractivity contribution in [2.75, 3.05) is 0 Å². The summed E-state index contributed by atoms with van der Waals surface area (Å²) in [6, 6.07) is 36.2. The van der Waals surface area contributed by atoms with Crippen molar-refractivity contribution in [1.82, 2.24) is 0 Å². The molecule has 4 aromatic carbocycles. The molecule has 0 aliphatic heterocycles. The fourth-order valence-electron chi connectivity index (χ4n) is 6.72. The van der Waals surface area contributed by atoms with E-state index in [0.29, 0.717) is 13.2 Å². The smallest absolute Gasteiger partial charge is 0.147 e. The van der Waals surface area contributed by atoms with E-state index in [1.807, 2.05) is 0 Å². The summed E-state index contributed by atoms with van der Waals surface area (Å²) in [5.74, 6) is 0.564. The average molecular weight is 624 g/mol. The largest absolute Gasteiger partial charge is 0.147 e. The molecular weight excluding hydrogens is 587 g/mol. The van der Waals surface area contributed by atoms with Crippen LogP contribution in [0, 0.1) is 5.92 Å². The third-order valence-electron chi connectivity index (χ3n) is 8.41. The van der Waals surface area contributed by atoms with Gasteiger partial charge in [0, 0.05) is 0 Å². The van der Waals surface area contributed by atoms with Gasteiger partial charge >= 0.3 is 238 Å². The van der Waals surface area contributed by atoms with Gasteiger partial charge in [-0.05, 0) is 0 Å². The van der Waals surface area contributed by atoms with Crippen LogP contribution in [0.3, 0.4) is 0 Å². The Morgan fingerprint density at radius 3 is 1.59 bits per heavy atom. The molecule has 4 aromatic rings. The summed E-state index contributed by atoms with van der Waals surface area (Å²) in [7, 11) is 0. The van der Waals surface area contributed by atoms with Gasteiger partial charge in [0.05, 0.1) is 0 Å². The number of hydrogen-bond acceptors (Lipinski definition) is 0. The quantitative estimate of drug-likeness (QED) is 0.194. The molecule has 196 valence electrons. The van der Waals surface area contributed by atoms with Crippen molar-refractivity contribution >= 4 is 30.0 Å². The van der Waals surface area contributed by atoms with Gasteiger partial charge in [-0.25, -0.2) is 0 Å². The first kappa shape index (κ1) is 28.3. The predicted molar refractivity (Wildman–Crippen MR) is 170 cm³/mol. The minimum Gasteiger partial charge on any atom is -0.147 e. The second-order valence-electron chi connectivity index (χ2n) is 11.4. The van der Waals surface area contributed by atoms with Crippen LogP contribution >= 0.6 is 12.4 Å². The molecule has 39 heavy (non-hydrogen) atoms. The van der Waals surface area contributed by atoms with E-state index in [0.717, 1.165) is 0 Å². The maximum atomic E-state index is 2.63. The zero-order valence-electron chi connectivity index (χ0n) is 23.5. The molecule has 0 heterocycles. The van der Waals surface area contributed by atoms with Crippen molar-refractivity contribution in [3.05, 3.63) is 130 Å². The molecule has 2 aliphatic rings. The second-order valence-corrected chi connectivity index (χ2v) is 29.2. The molecule has 0 amide bonds. The van der Waals surface area contributed by atoms with Crippen LogP contribution in [0.15, 0.2) is 108 Å². The number of rotatable bonds is 5. The van der Waals surface area contributed by atoms with E-state index in [1.54, 1.807) is 22.3 Å². The molecule has 6 rings (SSSR count). The third kappa shape index (κ3) is 5.06. The molecule has 0 N–H and O–H groups in total. The molecule has 0 saturated heterocycles. The molecular formula is C36H37ClSiZr. The number of hydrogen-bond donors (Lipinski definition) is 0. The van der Waals surface area contributed by atoms with Gasteiger partial charge in [-0.1, -0.05) is 0 Å². The molecule has 0 nitrogen and oxygen atoms in total. The Kier molecular flexibility index (Phi) is 8.48. The van der Waals surface area contributed by atoms with Gasteiger partial charge in [-0.3, -0.25) is 0 Å². The second kappa shape index (κ2) is 11.7. The molecule has 0 saturated carbocycles. The Morgan fingerprint density at radius 2 is 1.10 bits per heavy atom. The van der Waals surface area contributed by atoms with Crippen molar-refractivity contribution in [2.45, 2.75) is 41.1 Å². The Morgan fingerprint density at radius 1 is 0.615 bits per heavy atom. The van der Waals surface area contributed by atoms with Gasteiger partial charge in [-0.15, -0.1) is 12.4 Å². The van der Waals surface area contributed by atoms with Crippen LogP contribution in [0.5, 0.6) is 0 Å². The number of allylic oxidation sites excluding steroid dienone is 2. The number of benzene rings is 4. The van der Waals surface area contributed by atoms with Gasteiger partial charge in [0.25, 0.3) is 0 Å². The molecule has 0 aromatic heterocycles. The number of halogens is 1. The van der Waals surface area contributed by atoms with Crippen molar-refractivity contribution < 1.29 is 20.4 Å². The average Bonchev–Trinajstić information content (AvgIpc) is 3.48. The van der Waals surface area contributed by atoms with Crippen LogP contribution in [-0.2, 0) is 20.4 Å². The van der Waals surface area contributed by atoms with E-state index < -0.39 is 25.8 Å². The first-order valence-corrected chi connectivity index (χ1v) is 22.9. The normalized spacial score (nSPS) is 17.2. The fourth-order valence-corrected chi connectivity index (χ4v) is 27.6. The van der Waals surface area contributed by atoms with E-state index >= 15 is 0 Å². The Balaban J connectivity index is 0.00000308. The molecule has 0 radical (unpaired) electrons. The SMILES string of the molecule is CC1=Cc2c(-c3ccccc3)cccc2[CH]1[Zr]([CH]1C(C(C)C)=Cc2c(-c3ccccc3)cccc21)=[Si](C)C.Cl. The first-order valence-electron chi connectivity index (χ1n) is 13.9. The fraction of sp³-hybridized carbons (Fsp3) is 0.222. The van der Waals surface area contributed by atoms with Crippen LogP contribution < -0.4 is 0 Å². The summed E-state index contributed by atoms with van der Waals surface area (Å²) in [6.45, 7) is 12.5. The van der Waals surface area contributed by atoms with Gasteiger partial charge in [0.2, 0.25) is 0 Å². The molecule has 0 fully saturated rings. The first-order chi connectivity index (χ1) is 18.5. The van der Waals surface area contributed by atoms with Crippen LogP contribution in [0.25, 0.3) is 34.4 Å². The Bertz CT molecular complexity index is 1610. The maximum Gasteiger partial charge on any atom is -0.147 e. The van der Waals surface area contributed by atoms with Crippen LogP contribution in [0.1, 0.15) is 50.3 Å². The van der Waals surface area contributed by atoms with E-state index in [4.69, 9.17) is 0 Å². The Labute approximate surface area is 248 Å². The summed E-state index contributed by atoms with van der Waals surface area (Å²) in [5, 5.41) is 0. The summed E-state index contributed by atoms with van der Waals surface area (Å²) >= 11 is -2.12. The van der Waals surface area contributed by atoms with E-state index in [-0.39, 0.29) is 12.4 Å². The zero-order valence-corrected chi connectivity index (χ0v) is 27.8. The van der Waals surface area contributed by atoms with Crippen molar-refractivity contribution in [1.29, 1.82) is 0 Å². The molecule has 3 heteroatoms. The van der Waals surface area contributed by atoms with E-state index in [2.05, 4.69) is 143 Å². The molecule has 0 spiro atoms. The standard InChI is InChI=1S/C18H17.C16H13.C2H6Si.ClH.Zr/c1-13(2)16-11-15-9-6-10-17(18(15)12-16)14-7-4-3-5-8-14;1-12-10-14-8-5-9-15(16(14)11-12)13-6-3-2-4-7-13;1-3-2;;/h3-13H,1-2H3;2-11H,1H3;1-2H3;1H;. The van der Waals surface area contributed by atoms with Gasteiger partial charge in [0.15, 0.2) is 0 Å². The van der Waals surface area contributed by atoms with E-state index in [1.165, 1.54) is 33.4 Å². The summed E-state index contributed by atoms with van der Waals surface area (Å²) in [6.07, 6.45) is 5.15. The zero-order chi connectivity index (χ0) is 26.4. The van der Waals surface area contributed by atoms with Crippen molar-refractivity contribution in [3.8, 4) is 22.3 Å². The maximum absolute atomic E-state index is 2.63. The molecule has 0 bridgehead atoms. The minimum absolute atomic E-state index is 0. The Hall–Kier alpha value is -2.25. The molecule has 2 atom stereocenters. The predicted octanol–water partition coefficient (Wildman–Crippen LogP) is 10.6. The summed E-state index contributed by atoms with van der Waals surface area (Å²) < 4.78 is 1.30. The van der Waals surface area contributed by atoms with Crippen LogP contribution in [-0.4, -0.2) is 5.43 Å². The van der Waals surface area contributed by atoms with Gasteiger partial charge in [-0.2, -0.15) is 0 Å². The number of fused-ring (bicyclic) bond motifs is 2. The summed E-state index contributed by atoms with van der Waals surface area (Å²) in [4.78, 5) is 0.